The number of rotatable bonds is 7. The number of amides is 2. The van der Waals surface area contributed by atoms with Gasteiger partial charge in [0.2, 0.25) is 0 Å². The van der Waals surface area contributed by atoms with Crippen molar-refractivity contribution in [3.8, 4) is 11.5 Å². The van der Waals surface area contributed by atoms with Gasteiger partial charge in [-0.15, -0.1) is 0 Å². The zero-order chi connectivity index (χ0) is 17.2. The summed E-state index contributed by atoms with van der Waals surface area (Å²) in [6, 6.07) is 3.39. The number of methoxy groups -OCH3 is 3. The second kappa shape index (κ2) is 9.80. The summed E-state index contributed by atoms with van der Waals surface area (Å²) in [4.78, 5) is 22.9. The lowest BCUT2D eigenvalue weighted by atomic mass is 10.2. The van der Waals surface area contributed by atoms with Crippen LogP contribution in [0.3, 0.4) is 0 Å². The predicted octanol–water partition coefficient (Wildman–Crippen LogP) is 0.679. The molecule has 0 aliphatic heterocycles. The van der Waals surface area contributed by atoms with Gasteiger partial charge in [0.1, 0.15) is 11.5 Å². The summed E-state index contributed by atoms with van der Waals surface area (Å²) in [5, 5.41) is 6.12. The molecule has 0 fully saturated rings. The first-order chi connectivity index (χ1) is 11.0. The predicted molar refractivity (Wildman–Crippen MR) is 87.9 cm³/mol. The molecule has 0 saturated carbocycles. The smallest absolute Gasteiger partial charge is 0.329 e. The van der Waals surface area contributed by atoms with E-state index in [2.05, 4.69) is 31.8 Å². The molecule has 9 heteroatoms. The molecule has 2 amide bonds. The Balaban J connectivity index is 2.69. The maximum Gasteiger partial charge on any atom is 0.329 e. The Kier molecular flexibility index (Phi) is 8.06. The number of hydrogen-bond donors (Lipinski definition) is 2. The van der Waals surface area contributed by atoms with Gasteiger partial charge in [0.05, 0.1) is 31.5 Å². The highest BCUT2D eigenvalue weighted by molar-refractivity contribution is 9.10. The number of nitrogens with one attached hydrogen (secondary N) is 2. The van der Waals surface area contributed by atoms with Crippen molar-refractivity contribution < 1.29 is 23.8 Å². The summed E-state index contributed by atoms with van der Waals surface area (Å²) in [5.74, 6) is -0.556. The number of ether oxygens (including phenoxy) is 3. The molecule has 0 saturated heterocycles. The molecule has 23 heavy (non-hydrogen) atoms. The molecule has 0 heterocycles. The van der Waals surface area contributed by atoms with Crippen LogP contribution in [-0.2, 0) is 14.3 Å². The molecule has 1 aromatic rings. The summed E-state index contributed by atoms with van der Waals surface area (Å²) in [5.41, 5.74) is 2.73. The molecule has 126 valence electrons. The van der Waals surface area contributed by atoms with E-state index in [1.165, 1.54) is 27.5 Å². The number of halogens is 1. The molecule has 1 aromatic carbocycles. The van der Waals surface area contributed by atoms with Crippen LogP contribution in [0.5, 0.6) is 11.5 Å². The molecule has 8 nitrogen and oxygen atoms in total. The van der Waals surface area contributed by atoms with Crippen molar-refractivity contribution in [3.63, 3.8) is 0 Å². The number of nitrogens with zero attached hydrogens (tertiary/aromatic N) is 1. The number of carbonyl (C=O) groups excluding carboxylic acids is 2. The maximum atomic E-state index is 11.5. The molecule has 0 aromatic heterocycles. The van der Waals surface area contributed by atoms with E-state index >= 15 is 0 Å². The van der Waals surface area contributed by atoms with Crippen LogP contribution in [0.25, 0.3) is 0 Å². The Morgan fingerprint density at radius 3 is 2.48 bits per heavy atom. The SMILES string of the molecule is COCCNC(=O)C(=O)N/N=C\c1cc(Br)c(OC)cc1OC. The maximum absolute atomic E-state index is 11.5. The molecule has 0 aliphatic rings. The molecule has 0 aliphatic carbocycles. The van der Waals surface area contributed by atoms with E-state index in [0.29, 0.717) is 28.1 Å². The summed E-state index contributed by atoms with van der Waals surface area (Å²) in [6.45, 7) is 0.561. The second-order valence-corrected chi connectivity index (χ2v) is 5.03. The van der Waals surface area contributed by atoms with Gasteiger partial charge < -0.3 is 19.5 Å². The fourth-order valence-corrected chi connectivity index (χ4v) is 2.07. The lowest BCUT2D eigenvalue weighted by molar-refractivity contribution is -0.139. The first-order valence-electron chi connectivity index (χ1n) is 6.55. The fraction of sp³-hybridized carbons (Fsp3) is 0.357. The first kappa shape index (κ1) is 18.9. The number of hydrogen-bond acceptors (Lipinski definition) is 6. The standard InChI is InChI=1S/C14H18BrN3O5/c1-21-5-4-16-13(19)14(20)18-17-8-9-6-10(15)12(23-3)7-11(9)22-2/h6-8H,4-5H2,1-3H3,(H,16,19)(H,18,20)/b17-8-. The average molecular weight is 388 g/mol. The van der Waals surface area contributed by atoms with E-state index < -0.39 is 11.8 Å². The highest BCUT2D eigenvalue weighted by Crippen LogP contribution is 2.31. The normalized spacial score (nSPS) is 10.4. The van der Waals surface area contributed by atoms with Crippen LogP contribution in [0.1, 0.15) is 5.56 Å². The molecule has 0 unspecified atom stereocenters. The van der Waals surface area contributed by atoms with Gasteiger partial charge in [0.15, 0.2) is 0 Å². The molecule has 0 radical (unpaired) electrons. The Hall–Kier alpha value is -2.13. The molecular formula is C14H18BrN3O5. The Morgan fingerprint density at radius 1 is 1.17 bits per heavy atom. The van der Waals surface area contributed by atoms with Gasteiger partial charge in [-0.3, -0.25) is 9.59 Å². The summed E-state index contributed by atoms with van der Waals surface area (Å²) in [6.07, 6.45) is 1.36. The zero-order valence-corrected chi connectivity index (χ0v) is 14.6. The van der Waals surface area contributed by atoms with E-state index in [4.69, 9.17) is 14.2 Å². The van der Waals surface area contributed by atoms with E-state index in [1.807, 2.05) is 0 Å². The molecule has 2 N–H and O–H groups in total. The minimum absolute atomic E-state index is 0.242. The van der Waals surface area contributed by atoms with Gasteiger partial charge in [0, 0.05) is 25.3 Å². The monoisotopic (exact) mass is 387 g/mol. The highest BCUT2D eigenvalue weighted by Gasteiger charge is 2.12. The quantitative estimate of drug-likeness (QED) is 0.310. The van der Waals surface area contributed by atoms with Crippen LogP contribution in [-0.4, -0.2) is 52.5 Å². The molecule has 1 rings (SSSR count). The van der Waals surface area contributed by atoms with Crippen molar-refractivity contribution in [2.75, 3.05) is 34.5 Å². The largest absolute Gasteiger partial charge is 0.496 e. The summed E-state index contributed by atoms with van der Waals surface area (Å²) >= 11 is 3.34. The lowest BCUT2D eigenvalue weighted by Gasteiger charge is -2.09. The summed E-state index contributed by atoms with van der Waals surface area (Å²) in [7, 11) is 4.54. The van der Waals surface area contributed by atoms with Crippen molar-refractivity contribution in [3.05, 3.63) is 22.2 Å². The third-order valence-corrected chi connectivity index (χ3v) is 3.29. The van der Waals surface area contributed by atoms with Gasteiger partial charge in [-0.1, -0.05) is 0 Å². The Morgan fingerprint density at radius 2 is 1.87 bits per heavy atom. The zero-order valence-electron chi connectivity index (χ0n) is 13.0. The summed E-state index contributed by atoms with van der Waals surface area (Å²) < 4.78 is 15.8. The van der Waals surface area contributed by atoms with Crippen molar-refractivity contribution in [2.45, 2.75) is 0 Å². The molecule has 0 spiro atoms. The van der Waals surface area contributed by atoms with Gasteiger partial charge in [-0.05, 0) is 22.0 Å². The molecule has 0 bridgehead atoms. The number of benzene rings is 1. The average Bonchev–Trinajstić information content (AvgIpc) is 2.55. The van der Waals surface area contributed by atoms with Gasteiger partial charge in [-0.2, -0.15) is 5.10 Å². The van der Waals surface area contributed by atoms with Crippen LogP contribution in [0.2, 0.25) is 0 Å². The van der Waals surface area contributed by atoms with Crippen LogP contribution in [0.4, 0.5) is 0 Å². The third kappa shape index (κ3) is 5.87. The van der Waals surface area contributed by atoms with E-state index in [1.54, 1.807) is 12.1 Å². The van der Waals surface area contributed by atoms with Crippen molar-refractivity contribution in [1.29, 1.82) is 0 Å². The van der Waals surface area contributed by atoms with Crippen LogP contribution in [0.15, 0.2) is 21.7 Å². The fourth-order valence-electron chi connectivity index (χ4n) is 1.54. The minimum atomic E-state index is -0.871. The third-order valence-electron chi connectivity index (χ3n) is 2.67. The second-order valence-electron chi connectivity index (χ2n) is 4.18. The van der Waals surface area contributed by atoms with Gasteiger partial charge in [0.25, 0.3) is 0 Å². The lowest BCUT2D eigenvalue weighted by Crippen LogP contribution is -2.39. The van der Waals surface area contributed by atoms with Crippen LogP contribution in [0, 0.1) is 0 Å². The van der Waals surface area contributed by atoms with Crippen molar-refractivity contribution in [2.24, 2.45) is 5.10 Å². The van der Waals surface area contributed by atoms with Crippen LogP contribution >= 0.6 is 15.9 Å². The van der Waals surface area contributed by atoms with Crippen molar-refractivity contribution in [1.82, 2.24) is 10.7 Å². The Bertz CT molecular complexity index is 592. The van der Waals surface area contributed by atoms with E-state index in [9.17, 15) is 9.59 Å². The molecular weight excluding hydrogens is 370 g/mol. The van der Waals surface area contributed by atoms with Crippen molar-refractivity contribution >= 4 is 34.0 Å². The first-order valence-corrected chi connectivity index (χ1v) is 7.34. The number of carbonyl (C=O) groups is 2. The van der Waals surface area contributed by atoms with Gasteiger partial charge >= 0.3 is 11.8 Å². The number of hydrazone groups is 1. The minimum Gasteiger partial charge on any atom is -0.496 e. The highest BCUT2D eigenvalue weighted by atomic mass is 79.9. The Labute approximate surface area is 142 Å². The topological polar surface area (TPSA) is 98.2 Å². The molecule has 0 atom stereocenters. The van der Waals surface area contributed by atoms with E-state index in [0.717, 1.165) is 0 Å². The van der Waals surface area contributed by atoms with Crippen LogP contribution < -0.4 is 20.2 Å². The van der Waals surface area contributed by atoms with Gasteiger partial charge in [-0.25, -0.2) is 5.43 Å². The van der Waals surface area contributed by atoms with E-state index in [-0.39, 0.29) is 6.54 Å².